The van der Waals surface area contributed by atoms with Crippen LogP contribution < -0.4 is 10.6 Å². The number of fused-ring (bicyclic) bond motifs is 1. The summed E-state index contributed by atoms with van der Waals surface area (Å²) >= 11 is 11.5. The minimum absolute atomic E-state index is 0.371. The number of hydrogen-bond acceptors (Lipinski definition) is 2. The Balaban J connectivity index is 2.06. The first-order chi connectivity index (χ1) is 10.1. The maximum atomic E-state index is 6.46. The molecule has 0 saturated heterocycles. The summed E-state index contributed by atoms with van der Waals surface area (Å²) in [4.78, 5) is 2.66. The van der Waals surface area contributed by atoms with Crippen LogP contribution in [0.4, 0.5) is 11.4 Å². The first kappa shape index (κ1) is 14.4. The van der Waals surface area contributed by atoms with Gasteiger partial charge in [0.1, 0.15) is 4.99 Å². The highest BCUT2D eigenvalue weighted by Gasteiger charge is 2.24. The molecule has 2 aromatic carbocycles. The molecule has 3 rings (SSSR count). The van der Waals surface area contributed by atoms with E-state index in [1.54, 1.807) is 0 Å². The largest absolute Gasteiger partial charge is 0.389 e. The fraction of sp³-hybridized carbons (Fsp3) is 0.235. The van der Waals surface area contributed by atoms with E-state index in [1.165, 1.54) is 11.3 Å². The fourth-order valence-electron chi connectivity index (χ4n) is 2.90. The van der Waals surface area contributed by atoms with Crippen LogP contribution in [0.3, 0.4) is 0 Å². The minimum Gasteiger partial charge on any atom is -0.389 e. The summed E-state index contributed by atoms with van der Waals surface area (Å²) in [6.07, 6.45) is 1.11. The number of nitrogens with zero attached hydrogens (tertiary/aromatic N) is 1. The molecule has 0 amide bonds. The Morgan fingerprint density at radius 2 is 2.00 bits per heavy atom. The molecule has 1 aliphatic rings. The van der Waals surface area contributed by atoms with Crippen LogP contribution in [0.1, 0.15) is 18.1 Å². The molecule has 0 aromatic heterocycles. The third-order valence-corrected chi connectivity index (χ3v) is 4.41. The summed E-state index contributed by atoms with van der Waals surface area (Å²) in [6.45, 7) is 3.23. The Morgan fingerprint density at radius 3 is 2.71 bits per heavy atom. The Morgan fingerprint density at radius 1 is 1.24 bits per heavy atom. The molecule has 0 fully saturated rings. The average Bonchev–Trinajstić information content (AvgIpc) is 2.46. The van der Waals surface area contributed by atoms with Crippen LogP contribution in [0.5, 0.6) is 0 Å². The normalized spacial score (nSPS) is 17.4. The number of hydrogen-bond donors (Lipinski definition) is 1. The van der Waals surface area contributed by atoms with Gasteiger partial charge in [-0.3, -0.25) is 0 Å². The Labute approximate surface area is 135 Å². The molecular weight excluding hydrogens is 300 g/mol. The summed E-state index contributed by atoms with van der Waals surface area (Å²) in [7, 11) is 0. The Kier molecular flexibility index (Phi) is 3.87. The highest BCUT2D eigenvalue weighted by Crippen LogP contribution is 2.38. The zero-order valence-electron chi connectivity index (χ0n) is 11.8. The number of anilines is 2. The van der Waals surface area contributed by atoms with Crippen molar-refractivity contribution in [2.24, 2.45) is 11.7 Å². The number of rotatable bonds is 2. The van der Waals surface area contributed by atoms with E-state index in [1.807, 2.05) is 18.2 Å². The number of benzene rings is 2. The lowest BCUT2D eigenvalue weighted by atomic mass is 9.93. The van der Waals surface area contributed by atoms with Crippen LogP contribution in [0.2, 0.25) is 5.02 Å². The van der Waals surface area contributed by atoms with Gasteiger partial charge in [-0.15, -0.1) is 0 Å². The van der Waals surface area contributed by atoms with Gasteiger partial charge in [0.2, 0.25) is 0 Å². The van der Waals surface area contributed by atoms with E-state index < -0.39 is 0 Å². The lowest BCUT2D eigenvalue weighted by molar-refractivity contribution is 0.562. The van der Waals surface area contributed by atoms with Gasteiger partial charge in [0, 0.05) is 17.8 Å². The number of halogens is 1. The topological polar surface area (TPSA) is 29.3 Å². The standard InChI is InChI=1S/C17H17ClN2S/c1-11-8-12-4-2-3-5-15(12)20(10-11)16-7-6-13(17(19)21)9-14(16)18/h2-7,9,11H,8,10H2,1H3,(H2,19,21). The Bertz CT molecular complexity index is 699. The van der Waals surface area contributed by atoms with Crippen LogP contribution in [-0.4, -0.2) is 11.5 Å². The van der Waals surface area contributed by atoms with Crippen molar-refractivity contribution in [1.29, 1.82) is 0 Å². The maximum absolute atomic E-state index is 6.46. The number of thiocarbonyl (C=S) groups is 1. The molecule has 1 atom stereocenters. The van der Waals surface area contributed by atoms with Gasteiger partial charge in [-0.2, -0.15) is 0 Å². The van der Waals surface area contributed by atoms with E-state index in [-0.39, 0.29) is 0 Å². The second-order valence-corrected chi connectivity index (χ2v) is 6.43. The zero-order chi connectivity index (χ0) is 15.0. The molecule has 0 spiro atoms. The summed E-state index contributed by atoms with van der Waals surface area (Å²) in [6, 6.07) is 14.3. The monoisotopic (exact) mass is 316 g/mol. The van der Waals surface area contributed by atoms with E-state index in [2.05, 4.69) is 36.1 Å². The molecule has 2 N–H and O–H groups in total. The van der Waals surface area contributed by atoms with Gasteiger partial charge in [0.25, 0.3) is 0 Å². The molecule has 2 aromatic rings. The van der Waals surface area contributed by atoms with E-state index >= 15 is 0 Å². The molecule has 0 aliphatic carbocycles. The second kappa shape index (κ2) is 5.66. The third kappa shape index (κ3) is 2.76. The van der Waals surface area contributed by atoms with Gasteiger partial charge in [0.15, 0.2) is 0 Å². The number of nitrogens with two attached hydrogens (primary N) is 1. The van der Waals surface area contributed by atoms with Crippen LogP contribution in [-0.2, 0) is 6.42 Å². The molecule has 0 radical (unpaired) electrons. The van der Waals surface area contributed by atoms with Crippen LogP contribution >= 0.6 is 23.8 Å². The quantitative estimate of drug-likeness (QED) is 0.837. The van der Waals surface area contributed by atoms with Gasteiger partial charge < -0.3 is 10.6 Å². The summed E-state index contributed by atoms with van der Waals surface area (Å²) < 4.78 is 0. The van der Waals surface area contributed by atoms with Crippen molar-refractivity contribution in [2.75, 3.05) is 11.4 Å². The lowest BCUT2D eigenvalue weighted by Gasteiger charge is -2.35. The molecule has 0 bridgehead atoms. The molecule has 1 heterocycles. The van der Waals surface area contributed by atoms with Crippen molar-refractivity contribution in [3.63, 3.8) is 0 Å². The van der Waals surface area contributed by atoms with Gasteiger partial charge >= 0.3 is 0 Å². The maximum Gasteiger partial charge on any atom is 0.104 e. The zero-order valence-corrected chi connectivity index (χ0v) is 13.4. The van der Waals surface area contributed by atoms with E-state index in [4.69, 9.17) is 29.6 Å². The van der Waals surface area contributed by atoms with Crippen molar-refractivity contribution < 1.29 is 0 Å². The number of para-hydroxylation sites is 1. The van der Waals surface area contributed by atoms with Gasteiger partial charge in [-0.05, 0) is 42.2 Å². The summed E-state index contributed by atoms with van der Waals surface area (Å²) in [5.74, 6) is 0.589. The molecule has 1 unspecified atom stereocenters. The van der Waals surface area contributed by atoms with Crippen LogP contribution in [0.25, 0.3) is 0 Å². The minimum atomic E-state index is 0.371. The third-order valence-electron chi connectivity index (χ3n) is 3.87. The molecule has 21 heavy (non-hydrogen) atoms. The van der Waals surface area contributed by atoms with E-state index in [0.29, 0.717) is 15.9 Å². The van der Waals surface area contributed by atoms with Crippen molar-refractivity contribution in [3.05, 3.63) is 58.6 Å². The second-order valence-electron chi connectivity index (χ2n) is 5.58. The van der Waals surface area contributed by atoms with Crippen molar-refractivity contribution in [3.8, 4) is 0 Å². The van der Waals surface area contributed by atoms with Crippen LogP contribution in [0.15, 0.2) is 42.5 Å². The average molecular weight is 317 g/mol. The van der Waals surface area contributed by atoms with Crippen molar-refractivity contribution >= 4 is 40.2 Å². The molecular formula is C17H17ClN2S. The highest BCUT2D eigenvalue weighted by molar-refractivity contribution is 7.80. The summed E-state index contributed by atoms with van der Waals surface area (Å²) in [5, 5.41) is 0.684. The molecule has 1 aliphatic heterocycles. The highest BCUT2D eigenvalue weighted by atomic mass is 35.5. The van der Waals surface area contributed by atoms with Crippen molar-refractivity contribution in [1.82, 2.24) is 0 Å². The fourth-order valence-corrected chi connectivity index (χ4v) is 3.31. The van der Waals surface area contributed by atoms with Gasteiger partial charge in [0.05, 0.1) is 10.7 Å². The molecule has 4 heteroatoms. The smallest absolute Gasteiger partial charge is 0.104 e. The predicted molar refractivity (Wildman–Crippen MR) is 93.7 cm³/mol. The van der Waals surface area contributed by atoms with E-state index in [9.17, 15) is 0 Å². The van der Waals surface area contributed by atoms with E-state index in [0.717, 1.165) is 24.2 Å². The molecule has 0 saturated carbocycles. The van der Waals surface area contributed by atoms with Crippen molar-refractivity contribution in [2.45, 2.75) is 13.3 Å². The Hall–Kier alpha value is -1.58. The molecule has 2 nitrogen and oxygen atoms in total. The van der Waals surface area contributed by atoms with Gasteiger partial charge in [-0.25, -0.2) is 0 Å². The lowest BCUT2D eigenvalue weighted by Crippen LogP contribution is -2.30. The van der Waals surface area contributed by atoms with Crippen LogP contribution in [0, 0.1) is 5.92 Å². The SMILES string of the molecule is CC1Cc2ccccc2N(c2ccc(C(N)=S)cc2Cl)C1. The first-order valence-electron chi connectivity index (χ1n) is 7.01. The summed E-state index contributed by atoms with van der Waals surface area (Å²) in [5.41, 5.74) is 10.1. The first-order valence-corrected chi connectivity index (χ1v) is 7.79. The van der Waals surface area contributed by atoms with Gasteiger partial charge in [-0.1, -0.05) is 48.9 Å². The predicted octanol–water partition coefficient (Wildman–Crippen LogP) is 4.30. The molecule has 108 valence electrons.